The van der Waals surface area contributed by atoms with Gasteiger partial charge in [0.05, 0.1) is 10.6 Å². The van der Waals surface area contributed by atoms with Crippen molar-refractivity contribution in [1.29, 1.82) is 0 Å². The van der Waals surface area contributed by atoms with Gasteiger partial charge in [-0.25, -0.2) is 4.98 Å². The van der Waals surface area contributed by atoms with Crippen LogP contribution >= 0.6 is 11.3 Å². The zero-order valence-corrected chi connectivity index (χ0v) is 11.8. The Bertz CT molecular complexity index is 508. The van der Waals surface area contributed by atoms with E-state index in [0.29, 0.717) is 23.4 Å². The molecule has 0 saturated heterocycles. The van der Waals surface area contributed by atoms with Crippen LogP contribution in [0.4, 0.5) is 18.3 Å². The number of halogens is 3. The fraction of sp³-hybridized carbons (Fsp3) is 0.667. The number of nitrogens with zero attached hydrogens (tertiary/aromatic N) is 2. The first-order valence-corrected chi connectivity index (χ1v) is 6.70. The Kier molecular flexibility index (Phi) is 3.36. The van der Waals surface area contributed by atoms with Crippen LogP contribution < -0.4 is 4.90 Å². The minimum absolute atomic E-state index is 0.0181. The summed E-state index contributed by atoms with van der Waals surface area (Å²) in [5.41, 5.74) is 0.466. The first-order chi connectivity index (χ1) is 8.57. The van der Waals surface area contributed by atoms with E-state index < -0.39 is 12.7 Å². The lowest BCUT2D eigenvalue weighted by Gasteiger charge is -2.26. The monoisotopic (exact) mass is 292 g/mol. The lowest BCUT2D eigenvalue weighted by molar-refractivity contribution is -0.119. The van der Waals surface area contributed by atoms with E-state index in [4.69, 9.17) is 0 Å². The second-order valence-corrected chi connectivity index (χ2v) is 6.66. The van der Waals surface area contributed by atoms with Crippen LogP contribution in [0.2, 0.25) is 0 Å². The van der Waals surface area contributed by atoms with E-state index in [2.05, 4.69) is 4.98 Å². The van der Waals surface area contributed by atoms with Gasteiger partial charge in [-0.2, -0.15) is 13.2 Å². The van der Waals surface area contributed by atoms with Crippen LogP contribution in [0.25, 0.3) is 0 Å². The Labute approximate surface area is 113 Å². The van der Waals surface area contributed by atoms with Gasteiger partial charge in [-0.3, -0.25) is 4.79 Å². The zero-order chi connectivity index (χ0) is 14.4. The first-order valence-electron chi connectivity index (χ1n) is 5.88. The molecule has 3 nitrogen and oxygen atoms in total. The number of rotatable bonds is 2. The standard InChI is InChI=1S/C12H15F3N2OS/c1-11(2)4-7-9(8(18)5-11)19-10(16-7)17(3)6-12(13,14)15/h4-6H2,1-3H3. The lowest BCUT2D eigenvalue weighted by atomic mass is 9.78. The molecule has 0 radical (unpaired) electrons. The third-order valence-corrected chi connectivity index (χ3v) is 4.22. The van der Waals surface area contributed by atoms with Crippen molar-refractivity contribution in [3.63, 3.8) is 0 Å². The number of anilines is 1. The zero-order valence-electron chi connectivity index (χ0n) is 11.0. The number of thiazole rings is 1. The van der Waals surface area contributed by atoms with Crippen LogP contribution in [-0.4, -0.2) is 30.5 Å². The third kappa shape index (κ3) is 3.26. The molecule has 1 aliphatic rings. The molecule has 0 fully saturated rings. The fourth-order valence-electron chi connectivity index (χ4n) is 2.21. The van der Waals surface area contributed by atoms with Gasteiger partial charge in [0.1, 0.15) is 6.54 Å². The van der Waals surface area contributed by atoms with Gasteiger partial charge in [0.15, 0.2) is 10.9 Å². The molecule has 106 valence electrons. The molecule has 0 atom stereocenters. The molecular weight excluding hydrogens is 277 g/mol. The summed E-state index contributed by atoms with van der Waals surface area (Å²) in [5, 5.41) is 0.258. The highest BCUT2D eigenvalue weighted by Crippen LogP contribution is 2.39. The fourth-order valence-corrected chi connectivity index (χ4v) is 3.19. The first kappa shape index (κ1) is 14.3. The van der Waals surface area contributed by atoms with Gasteiger partial charge in [0.25, 0.3) is 0 Å². The predicted octanol–water partition coefficient (Wildman–Crippen LogP) is 3.30. The molecule has 0 saturated carbocycles. The van der Waals surface area contributed by atoms with Gasteiger partial charge in [-0.05, 0) is 11.8 Å². The predicted molar refractivity (Wildman–Crippen MR) is 67.9 cm³/mol. The largest absolute Gasteiger partial charge is 0.405 e. The average molecular weight is 292 g/mol. The molecule has 7 heteroatoms. The van der Waals surface area contributed by atoms with Gasteiger partial charge in [-0.15, -0.1) is 0 Å². The molecule has 2 rings (SSSR count). The highest BCUT2D eigenvalue weighted by Gasteiger charge is 2.36. The Morgan fingerprint density at radius 1 is 1.37 bits per heavy atom. The van der Waals surface area contributed by atoms with E-state index in [9.17, 15) is 18.0 Å². The molecule has 0 aliphatic heterocycles. The van der Waals surface area contributed by atoms with Crippen molar-refractivity contribution in [3.05, 3.63) is 10.6 Å². The molecule has 0 unspecified atom stereocenters. The summed E-state index contributed by atoms with van der Waals surface area (Å²) in [7, 11) is 1.34. The minimum Gasteiger partial charge on any atom is -0.342 e. The number of carbonyl (C=O) groups is 1. The Hall–Kier alpha value is -1.11. The van der Waals surface area contributed by atoms with Crippen molar-refractivity contribution in [1.82, 2.24) is 4.98 Å². The van der Waals surface area contributed by atoms with Gasteiger partial charge < -0.3 is 4.90 Å². The lowest BCUT2D eigenvalue weighted by Crippen LogP contribution is -2.30. The van der Waals surface area contributed by atoms with Gasteiger partial charge >= 0.3 is 6.18 Å². The van der Waals surface area contributed by atoms with Crippen LogP contribution in [0, 0.1) is 5.41 Å². The van der Waals surface area contributed by atoms with E-state index in [-0.39, 0.29) is 16.3 Å². The number of carbonyl (C=O) groups excluding carboxylic acids is 1. The number of hydrogen-bond donors (Lipinski definition) is 0. The van der Waals surface area contributed by atoms with E-state index in [1.165, 1.54) is 7.05 Å². The van der Waals surface area contributed by atoms with Crippen molar-refractivity contribution in [2.45, 2.75) is 32.9 Å². The quantitative estimate of drug-likeness (QED) is 0.838. The molecule has 1 aromatic heterocycles. The van der Waals surface area contributed by atoms with E-state index >= 15 is 0 Å². The molecule has 1 aliphatic carbocycles. The molecule has 0 amide bonds. The number of fused-ring (bicyclic) bond motifs is 1. The topological polar surface area (TPSA) is 33.2 Å². The summed E-state index contributed by atoms with van der Waals surface area (Å²) in [6.07, 6.45) is -3.22. The summed E-state index contributed by atoms with van der Waals surface area (Å²) in [6, 6.07) is 0. The normalized spacial score (nSPS) is 18.3. The Morgan fingerprint density at radius 2 is 2.00 bits per heavy atom. The van der Waals surface area contributed by atoms with Crippen LogP contribution in [0.5, 0.6) is 0 Å². The molecule has 1 heterocycles. The highest BCUT2D eigenvalue weighted by molar-refractivity contribution is 7.17. The molecule has 0 N–H and O–H groups in total. The molecule has 0 spiro atoms. The second kappa shape index (κ2) is 4.47. The summed E-state index contributed by atoms with van der Waals surface area (Å²) in [6.45, 7) is 2.87. The highest BCUT2D eigenvalue weighted by atomic mass is 32.1. The van der Waals surface area contributed by atoms with Crippen molar-refractivity contribution in [2.24, 2.45) is 5.41 Å². The van der Waals surface area contributed by atoms with Crippen molar-refractivity contribution in [3.8, 4) is 0 Å². The molecular formula is C12H15F3N2OS. The molecule has 0 aromatic carbocycles. The van der Waals surface area contributed by atoms with E-state index in [1.807, 2.05) is 13.8 Å². The number of Topliss-reactive ketones (excluding diaryl/α,β-unsaturated/α-hetero) is 1. The summed E-state index contributed by atoms with van der Waals surface area (Å²) in [5.74, 6) is -0.0181. The van der Waals surface area contributed by atoms with Gasteiger partial charge in [0.2, 0.25) is 0 Å². The second-order valence-electron chi connectivity index (χ2n) is 5.68. The van der Waals surface area contributed by atoms with Crippen LogP contribution in [0.15, 0.2) is 0 Å². The maximum atomic E-state index is 12.3. The molecule has 1 aromatic rings. The molecule has 19 heavy (non-hydrogen) atoms. The van der Waals surface area contributed by atoms with E-state index in [1.54, 1.807) is 0 Å². The van der Waals surface area contributed by atoms with Crippen LogP contribution in [0.1, 0.15) is 35.6 Å². The maximum absolute atomic E-state index is 12.3. The average Bonchev–Trinajstić information content (AvgIpc) is 2.56. The molecule has 0 bridgehead atoms. The summed E-state index contributed by atoms with van der Waals surface area (Å²) >= 11 is 1.06. The van der Waals surface area contributed by atoms with Crippen LogP contribution in [-0.2, 0) is 6.42 Å². The Balaban J connectivity index is 2.26. The van der Waals surface area contributed by atoms with Crippen molar-refractivity contribution < 1.29 is 18.0 Å². The van der Waals surface area contributed by atoms with Gasteiger partial charge in [-0.1, -0.05) is 25.2 Å². The van der Waals surface area contributed by atoms with Crippen LogP contribution in [0.3, 0.4) is 0 Å². The minimum atomic E-state index is -4.27. The van der Waals surface area contributed by atoms with Crippen molar-refractivity contribution >= 4 is 22.3 Å². The number of hydrogen-bond acceptors (Lipinski definition) is 4. The van der Waals surface area contributed by atoms with E-state index in [0.717, 1.165) is 16.2 Å². The maximum Gasteiger partial charge on any atom is 0.405 e. The van der Waals surface area contributed by atoms with Crippen molar-refractivity contribution in [2.75, 3.05) is 18.5 Å². The smallest absolute Gasteiger partial charge is 0.342 e. The third-order valence-electron chi connectivity index (χ3n) is 2.97. The Morgan fingerprint density at radius 3 is 2.58 bits per heavy atom. The number of ketones is 1. The summed E-state index contributed by atoms with van der Waals surface area (Å²) in [4.78, 5) is 17.7. The number of alkyl halides is 3. The van der Waals surface area contributed by atoms with Gasteiger partial charge in [0, 0.05) is 13.5 Å². The number of aromatic nitrogens is 1. The SMILES string of the molecule is CN(CC(F)(F)F)c1nc2c(s1)C(=O)CC(C)(C)C2. The summed E-state index contributed by atoms with van der Waals surface area (Å²) < 4.78 is 37.0.